The van der Waals surface area contributed by atoms with Gasteiger partial charge in [0, 0.05) is 18.3 Å². The summed E-state index contributed by atoms with van der Waals surface area (Å²) >= 11 is 0. The molecule has 1 fully saturated rings. The second kappa shape index (κ2) is 7.32. The first-order valence-corrected chi connectivity index (χ1v) is 7.51. The Labute approximate surface area is 135 Å². The Morgan fingerprint density at radius 3 is 2.39 bits per heavy atom. The summed E-state index contributed by atoms with van der Waals surface area (Å²) in [5, 5.41) is 15.1. The van der Waals surface area contributed by atoms with Gasteiger partial charge in [0.25, 0.3) is 0 Å². The molecule has 23 heavy (non-hydrogen) atoms. The van der Waals surface area contributed by atoms with Gasteiger partial charge in [0.2, 0.25) is 0 Å². The fourth-order valence-electron chi connectivity index (χ4n) is 2.64. The van der Waals surface area contributed by atoms with E-state index in [0.717, 1.165) is 12.8 Å². The minimum absolute atomic E-state index is 0.0885. The molecule has 0 spiro atoms. The van der Waals surface area contributed by atoms with Crippen molar-refractivity contribution < 1.29 is 24.2 Å². The van der Waals surface area contributed by atoms with E-state index < -0.39 is 17.4 Å². The van der Waals surface area contributed by atoms with Crippen molar-refractivity contribution in [3.63, 3.8) is 0 Å². The molecule has 3 N–H and O–H groups in total. The predicted octanol–water partition coefficient (Wildman–Crippen LogP) is 1.06. The molecule has 0 bridgehead atoms. The summed E-state index contributed by atoms with van der Waals surface area (Å²) in [5.41, 5.74) is -0.471. The average Bonchev–Trinajstić information content (AvgIpc) is 2.99. The molecule has 1 aromatic carbocycles. The lowest BCUT2D eigenvalue weighted by molar-refractivity contribution is -0.136. The van der Waals surface area contributed by atoms with Crippen LogP contribution in [0.5, 0.6) is 11.5 Å². The highest BCUT2D eigenvalue weighted by atomic mass is 16.5. The Morgan fingerprint density at radius 2 is 1.78 bits per heavy atom. The molecule has 7 heteroatoms. The van der Waals surface area contributed by atoms with Gasteiger partial charge in [-0.15, -0.1) is 0 Å². The van der Waals surface area contributed by atoms with Gasteiger partial charge in [-0.2, -0.15) is 0 Å². The number of hydrogen-bond donors (Lipinski definition) is 3. The van der Waals surface area contributed by atoms with E-state index in [4.69, 9.17) is 9.47 Å². The van der Waals surface area contributed by atoms with Gasteiger partial charge in [-0.1, -0.05) is 12.8 Å². The van der Waals surface area contributed by atoms with Gasteiger partial charge < -0.3 is 25.2 Å². The highest BCUT2D eigenvalue weighted by Gasteiger charge is 2.32. The van der Waals surface area contributed by atoms with Gasteiger partial charge in [-0.3, -0.25) is 9.59 Å². The number of carbonyl (C=O) groups excluding carboxylic acids is 2. The molecule has 1 saturated carbocycles. The lowest BCUT2D eigenvalue weighted by Gasteiger charge is -2.22. The quantitative estimate of drug-likeness (QED) is 0.705. The van der Waals surface area contributed by atoms with Gasteiger partial charge in [0.05, 0.1) is 19.8 Å². The van der Waals surface area contributed by atoms with Crippen molar-refractivity contribution >= 4 is 17.5 Å². The van der Waals surface area contributed by atoms with Crippen LogP contribution in [0.1, 0.15) is 25.7 Å². The molecule has 1 aliphatic rings. The highest BCUT2D eigenvalue weighted by molar-refractivity contribution is 6.39. The molecule has 2 rings (SSSR count). The van der Waals surface area contributed by atoms with Crippen LogP contribution in [0, 0.1) is 0 Å². The first-order valence-electron chi connectivity index (χ1n) is 7.51. The van der Waals surface area contributed by atoms with Crippen molar-refractivity contribution in [3.05, 3.63) is 18.2 Å². The van der Waals surface area contributed by atoms with Crippen LogP contribution in [0.25, 0.3) is 0 Å². The number of rotatable bonds is 5. The molecule has 1 aliphatic carbocycles. The maximum Gasteiger partial charge on any atom is 0.313 e. The Balaban J connectivity index is 1.91. The minimum atomic E-state index is -0.890. The zero-order chi connectivity index (χ0) is 16.9. The standard InChI is InChI=1S/C16H22N2O5/c1-22-12-6-5-11(9-13(12)23-2)18-15(20)14(19)17-10-16(21)7-3-4-8-16/h5-6,9,21H,3-4,7-8,10H2,1-2H3,(H,17,19)(H,18,20). The minimum Gasteiger partial charge on any atom is -0.493 e. The Morgan fingerprint density at radius 1 is 1.13 bits per heavy atom. The Bertz CT molecular complexity index is 582. The van der Waals surface area contributed by atoms with Gasteiger partial charge in [-0.25, -0.2) is 0 Å². The highest BCUT2D eigenvalue weighted by Crippen LogP contribution is 2.30. The topological polar surface area (TPSA) is 96.9 Å². The fraction of sp³-hybridized carbons (Fsp3) is 0.500. The van der Waals surface area contributed by atoms with Crippen molar-refractivity contribution in [2.24, 2.45) is 0 Å². The van der Waals surface area contributed by atoms with Crippen LogP contribution in [0.15, 0.2) is 18.2 Å². The molecule has 0 aliphatic heterocycles. The zero-order valence-electron chi connectivity index (χ0n) is 13.3. The number of anilines is 1. The van der Waals surface area contributed by atoms with Crippen LogP contribution < -0.4 is 20.1 Å². The second-order valence-corrected chi connectivity index (χ2v) is 5.64. The van der Waals surface area contributed by atoms with Gasteiger partial charge in [0.1, 0.15) is 0 Å². The maximum atomic E-state index is 11.9. The first kappa shape index (κ1) is 17.1. The van der Waals surface area contributed by atoms with E-state index in [2.05, 4.69) is 10.6 Å². The monoisotopic (exact) mass is 322 g/mol. The molecule has 0 radical (unpaired) electrons. The fourth-order valence-corrected chi connectivity index (χ4v) is 2.64. The molecule has 7 nitrogen and oxygen atoms in total. The van der Waals surface area contributed by atoms with Crippen LogP contribution in [-0.2, 0) is 9.59 Å². The SMILES string of the molecule is COc1ccc(NC(=O)C(=O)NCC2(O)CCCC2)cc1OC. The van der Waals surface area contributed by atoms with Gasteiger partial charge in [0.15, 0.2) is 11.5 Å². The molecule has 0 atom stereocenters. The number of amides is 2. The molecule has 0 heterocycles. The average molecular weight is 322 g/mol. The largest absolute Gasteiger partial charge is 0.493 e. The molecular formula is C16H22N2O5. The number of nitrogens with one attached hydrogen (secondary N) is 2. The summed E-state index contributed by atoms with van der Waals surface area (Å²) in [6.45, 7) is 0.0885. The molecule has 0 aromatic heterocycles. The lowest BCUT2D eigenvalue weighted by atomic mass is 10.0. The number of methoxy groups -OCH3 is 2. The van der Waals surface area contributed by atoms with E-state index in [0.29, 0.717) is 30.0 Å². The summed E-state index contributed by atoms with van der Waals surface area (Å²) < 4.78 is 10.2. The van der Waals surface area contributed by atoms with Crippen LogP contribution in [-0.4, -0.2) is 43.3 Å². The number of aliphatic hydroxyl groups is 1. The lowest BCUT2D eigenvalue weighted by Crippen LogP contribution is -2.44. The predicted molar refractivity (Wildman–Crippen MR) is 84.6 cm³/mol. The molecule has 2 amide bonds. The van der Waals surface area contributed by atoms with E-state index in [1.807, 2.05) is 0 Å². The van der Waals surface area contributed by atoms with Crippen molar-refractivity contribution in [2.45, 2.75) is 31.3 Å². The number of ether oxygens (including phenoxy) is 2. The van der Waals surface area contributed by atoms with Crippen LogP contribution in [0.2, 0.25) is 0 Å². The Kier molecular flexibility index (Phi) is 5.44. The zero-order valence-corrected chi connectivity index (χ0v) is 13.3. The van der Waals surface area contributed by atoms with Crippen LogP contribution in [0.3, 0.4) is 0 Å². The summed E-state index contributed by atoms with van der Waals surface area (Å²) in [6, 6.07) is 4.80. The summed E-state index contributed by atoms with van der Waals surface area (Å²) in [5.74, 6) is -0.594. The second-order valence-electron chi connectivity index (χ2n) is 5.64. The van der Waals surface area contributed by atoms with E-state index in [-0.39, 0.29) is 6.54 Å². The van der Waals surface area contributed by atoms with E-state index in [9.17, 15) is 14.7 Å². The summed E-state index contributed by atoms with van der Waals surface area (Å²) in [4.78, 5) is 23.7. The molecule has 0 unspecified atom stereocenters. The Hall–Kier alpha value is -2.28. The molecule has 0 saturated heterocycles. The van der Waals surface area contributed by atoms with Crippen molar-refractivity contribution in [2.75, 3.05) is 26.1 Å². The van der Waals surface area contributed by atoms with Crippen molar-refractivity contribution in [1.82, 2.24) is 5.32 Å². The normalized spacial score (nSPS) is 15.8. The maximum absolute atomic E-state index is 11.9. The summed E-state index contributed by atoms with van der Waals surface area (Å²) in [7, 11) is 3.00. The van der Waals surface area contributed by atoms with Gasteiger partial charge in [-0.05, 0) is 25.0 Å². The van der Waals surface area contributed by atoms with E-state index >= 15 is 0 Å². The first-order chi connectivity index (χ1) is 11.0. The third-order valence-electron chi connectivity index (χ3n) is 3.96. The van der Waals surface area contributed by atoms with Crippen molar-refractivity contribution in [1.29, 1.82) is 0 Å². The van der Waals surface area contributed by atoms with E-state index in [1.165, 1.54) is 14.2 Å². The van der Waals surface area contributed by atoms with E-state index in [1.54, 1.807) is 18.2 Å². The third kappa shape index (κ3) is 4.35. The number of hydrogen-bond acceptors (Lipinski definition) is 5. The van der Waals surface area contributed by atoms with Crippen molar-refractivity contribution in [3.8, 4) is 11.5 Å². The number of carbonyl (C=O) groups is 2. The molecule has 126 valence electrons. The van der Waals surface area contributed by atoms with Crippen LogP contribution >= 0.6 is 0 Å². The number of benzene rings is 1. The van der Waals surface area contributed by atoms with Crippen LogP contribution in [0.4, 0.5) is 5.69 Å². The summed E-state index contributed by atoms with van der Waals surface area (Å²) in [6.07, 6.45) is 3.16. The molecule has 1 aromatic rings. The molecular weight excluding hydrogens is 300 g/mol. The smallest absolute Gasteiger partial charge is 0.313 e. The van der Waals surface area contributed by atoms with Gasteiger partial charge >= 0.3 is 11.8 Å². The third-order valence-corrected chi connectivity index (χ3v) is 3.96.